The SMILES string of the molecule is N#CCc1ccc(C#N)cc1O. The van der Waals surface area contributed by atoms with Gasteiger partial charge in [-0.1, -0.05) is 6.07 Å². The third kappa shape index (κ3) is 1.53. The molecular formula is C9H6N2O. The van der Waals surface area contributed by atoms with Crippen LogP contribution in [0.25, 0.3) is 0 Å². The number of nitriles is 2. The number of hydrogen-bond acceptors (Lipinski definition) is 3. The molecule has 0 aliphatic rings. The Labute approximate surface area is 70.1 Å². The van der Waals surface area contributed by atoms with E-state index in [1.807, 2.05) is 12.1 Å². The molecule has 0 saturated heterocycles. The highest BCUT2D eigenvalue weighted by molar-refractivity contribution is 5.42. The lowest BCUT2D eigenvalue weighted by Gasteiger charge is -1.98. The van der Waals surface area contributed by atoms with Gasteiger partial charge in [0.25, 0.3) is 0 Å². The molecular weight excluding hydrogens is 152 g/mol. The van der Waals surface area contributed by atoms with Crippen molar-refractivity contribution in [2.75, 3.05) is 0 Å². The summed E-state index contributed by atoms with van der Waals surface area (Å²) < 4.78 is 0. The highest BCUT2D eigenvalue weighted by atomic mass is 16.3. The van der Waals surface area contributed by atoms with E-state index in [0.717, 1.165) is 0 Å². The lowest BCUT2D eigenvalue weighted by atomic mass is 10.1. The first kappa shape index (κ1) is 8.10. The molecule has 0 aliphatic carbocycles. The van der Waals surface area contributed by atoms with Gasteiger partial charge < -0.3 is 5.11 Å². The van der Waals surface area contributed by atoms with E-state index in [0.29, 0.717) is 11.1 Å². The Kier molecular flexibility index (Phi) is 2.30. The molecule has 12 heavy (non-hydrogen) atoms. The molecule has 0 unspecified atom stereocenters. The third-order valence-electron chi connectivity index (χ3n) is 1.48. The monoisotopic (exact) mass is 158 g/mol. The van der Waals surface area contributed by atoms with Crippen molar-refractivity contribution in [1.29, 1.82) is 10.5 Å². The van der Waals surface area contributed by atoms with Crippen molar-refractivity contribution in [2.45, 2.75) is 6.42 Å². The number of phenolic OH excluding ortho intramolecular Hbond substituents is 1. The first-order valence-electron chi connectivity index (χ1n) is 3.37. The van der Waals surface area contributed by atoms with E-state index in [-0.39, 0.29) is 12.2 Å². The molecule has 1 aromatic carbocycles. The second kappa shape index (κ2) is 3.41. The van der Waals surface area contributed by atoms with E-state index in [1.54, 1.807) is 12.1 Å². The molecule has 1 aromatic rings. The Morgan fingerprint density at radius 2 is 2.08 bits per heavy atom. The topological polar surface area (TPSA) is 67.8 Å². The van der Waals surface area contributed by atoms with Gasteiger partial charge in [-0.2, -0.15) is 10.5 Å². The second-order valence-electron chi connectivity index (χ2n) is 2.29. The van der Waals surface area contributed by atoms with Crippen LogP contribution in [0.15, 0.2) is 18.2 Å². The third-order valence-corrected chi connectivity index (χ3v) is 1.48. The van der Waals surface area contributed by atoms with Gasteiger partial charge in [0.05, 0.1) is 24.1 Å². The van der Waals surface area contributed by atoms with Gasteiger partial charge in [0.1, 0.15) is 5.75 Å². The minimum Gasteiger partial charge on any atom is -0.508 e. The van der Waals surface area contributed by atoms with Crippen LogP contribution in [-0.2, 0) is 6.42 Å². The van der Waals surface area contributed by atoms with Crippen LogP contribution in [0.4, 0.5) is 0 Å². The minimum absolute atomic E-state index is 0.00981. The fourth-order valence-corrected chi connectivity index (χ4v) is 0.868. The largest absolute Gasteiger partial charge is 0.508 e. The van der Waals surface area contributed by atoms with Crippen molar-refractivity contribution in [3.8, 4) is 17.9 Å². The van der Waals surface area contributed by atoms with Crippen LogP contribution >= 0.6 is 0 Å². The number of nitrogens with zero attached hydrogens (tertiary/aromatic N) is 2. The molecule has 0 radical (unpaired) electrons. The van der Waals surface area contributed by atoms with Crippen LogP contribution in [0.1, 0.15) is 11.1 Å². The number of aromatic hydroxyl groups is 1. The fourth-order valence-electron chi connectivity index (χ4n) is 0.868. The number of benzene rings is 1. The van der Waals surface area contributed by atoms with Crippen LogP contribution in [0.3, 0.4) is 0 Å². The lowest BCUT2D eigenvalue weighted by molar-refractivity contribution is 0.469. The average Bonchev–Trinajstić information content (AvgIpc) is 2.09. The van der Waals surface area contributed by atoms with Crippen LogP contribution in [0.2, 0.25) is 0 Å². The summed E-state index contributed by atoms with van der Waals surface area (Å²) in [6, 6.07) is 8.32. The highest BCUT2D eigenvalue weighted by Gasteiger charge is 2.00. The number of phenols is 1. The molecule has 1 rings (SSSR count). The zero-order chi connectivity index (χ0) is 8.97. The maximum absolute atomic E-state index is 9.25. The first-order chi connectivity index (χ1) is 5.77. The Hall–Kier alpha value is -2.00. The van der Waals surface area contributed by atoms with Gasteiger partial charge in [-0.15, -0.1) is 0 Å². The number of hydrogen-bond donors (Lipinski definition) is 1. The van der Waals surface area contributed by atoms with Crippen LogP contribution in [-0.4, -0.2) is 5.11 Å². The quantitative estimate of drug-likeness (QED) is 0.670. The minimum atomic E-state index is 0.00981. The zero-order valence-electron chi connectivity index (χ0n) is 6.28. The molecule has 0 bridgehead atoms. The van der Waals surface area contributed by atoms with E-state index in [1.165, 1.54) is 6.07 Å². The maximum atomic E-state index is 9.25. The van der Waals surface area contributed by atoms with Crippen LogP contribution in [0.5, 0.6) is 5.75 Å². The van der Waals surface area contributed by atoms with Crippen molar-refractivity contribution in [3.63, 3.8) is 0 Å². The fraction of sp³-hybridized carbons (Fsp3) is 0.111. The van der Waals surface area contributed by atoms with Gasteiger partial charge >= 0.3 is 0 Å². The van der Waals surface area contributed by atoms with E-state index in [2.05, 4.69) is 0 Å². The highest BCUT2D eigenvalue weighted by Crippen LogP contribution is 2.18. The van der Waals surface area contributed by atoms with Crippen molar-refractivity contribution in [1.82, 2.24) is 0 Å². The Morgan fingerprint density at radius 3 is 2.58 bits per heavy atom. The van der Waals surface area contributed by atoms with E-state index < -0.39 is 0 Å². The van der Waals surface area contributed by atoms with Crippen molar-refractivity contribution in [3.05, 3.63) is 29.3 Å². The smallest absolute Gasteiger partial charge is 0.121 e. The van der Waals surface area contributed by atoms with E-state index in [9.17, 15) is 5.11 Å². The van der Waals surface area contributed by atoms with Gasteiger partial charge in [-0.05, 0) is 12.1 Å². The second-order valence-corrected chi connectivity index (χ2v) is 2.29. The summed E-state index contributed by atoms with van der Waals surface area (Å²) in [6.45, 7) is 0. The van der Waals surface area contributed by atoms with Gasteiger partial charge in [-0.25, -0.2) is 0 Å². The Bertz CT molecular complexity index is 371. The maximum Gasteiger partial charge on any atom is 0.121 e. The lowest BCUT2D eigenvalue weighted by Crippen LogP contribution is -1.83. The summed E-state index contributed by atoms with van der Waals surface area (Å²) in [5.74, 6) is 0.00981. The van der Waals surface area contributed by atoms with Gasteiger partial charge in [-0.3, -0.25) is 0 Å². The molecule has 0 spiro atoms. The summed E-state index contributed by atoms with van der Waals surface area (Å²) in [4.78, 5) is 0. The van der Waals surface area contributed by atoms with Crippen molar-refractivity contribution in [2.24, 2.45) is 0 Å². The summed E-state index contributed by atoms with van der Waals surface area (Å²) in [7, 11) is 0. The number of rotatable bonds is 1. The molecule has 0 atom stereocenters. The predicted octanol–water partition coefficient (Wildman–Crippen LogP) is 1.33. The molecule has 0 aliphatic heterocycles. The zero-order valence-corrected chi connectivity index (χ0v) is 6.28. The predicted molar refractivity (Wildman–Crippen MR) is 42.1 cm³/mol. The molecule has 0 aromatic heterocycles. The standard InChI is InChI=1S/C9H6N2O/c10-4-3-8-2-1-7(6-11)5-9(8)12/h1-2,5,12H,3H2. The Balaban J connectivity index is 3.07. The normalized spacial score (nSPS) is 8.50. The Morgan fingerprint density at radius 1 is 1.33 bits per heavy atom. The average molecular weight is 158 g/mol. The molecule has 0 saturated carbocycles. The van der Waals surface area contributed by atoms with E-state index in [4.69, 9.17) is 10.5 Å². The van der Waals surface area contributed by atoms with Crippen LogP contribution in [0, 0.1) is 22.7 Å². The molecule has 1 N–H and O–H groups in total. The van der Waals surface area contributed by atoms with E-state index >= 15 is 0 Å². The summed E-state index contributed by atoms with van der Waals surface area (Å²) in [6.07, 6.45) is 0.164. The first-order valence-corrected chi connectivity index (χ1v) is 3.37. The molecule has 3 nitrogen and oxygen atoms in total. The summed E-state index contributed by atoms with van der Waals surface area (Å²) in [5.41, 5.74) is 0.950. The van der Waals surface area contributed by atoms with Crippen molar-refractivity contribution >= 4 is 0 Å². The molecule has 0 heterocycles. The molecule has 3 heteroatoms. The van der Waals surface area contributed by atoms with Gasteiger partial charge in [0, 0.05) is 5.56 Å². The van der Waals surface area contributed by atoms with Gasteiger partial charge in [0.15, 0.2) is 0 Å². The molecule has 0 amide bonds. The summed E-state index contributed by atoms with van der Waals surface area (Å²) in [5, 5.41) is 26.1. The summed E-state index contributed by atoms with van der Waals surface area (Å²) >= 11 is 0. The molecule has 0 fully saturated rings. The van der Waals surface area contributed by atoms with Gasteiger partial charge in [0.2, 0.25) is 0 Å². The van der Waals surface area contributed by atoms with Crippen molar-refractivity contribution < 1.29 is 5.11 Å². The molecule has 58 valence electrons. The van der Waals surface area contributed by atoms with Crippen LogP contribution < -0.4 is 0 Å².